The summed E-state index contributed by atoms with van der Waals surface area (Å²) in [5.74, 6) is -0.886. The molecular formula is C18H17BrN4O4S. The molecule has 8 nitrogen and oxygen atoms in total. The third-order valence-electron chi connectivity index (χ3n) is 3.62. The van der Waals surface area contributed by atoms with E-state index in [1.807, 2.05) is 6.07 Å². The van der Waals surface area contributed by atoms with E-state index in [0.717, 1.165) is 4.31 Å². The molecule has 0 saturated heterocycles. The first-order valence-electron chi connectivity index (χ1n) is 7.97. The summed E-state index contributed by atoms with van der Waals surface area (Å²) in [6, 6.07) is 12.2. The van der Waals surface area contributed by atoms with E-state index in [1.165, 1.54) is 38.2 Å². The fourth-order valence-corrected chi connectivity index (χ4v) is 3.77. The van der Waals surface area contributed by atoms with Crippen molar-refractivity contribution in [2.75, 3.05) is 24.2 Å². The van der Waals surface area contributed by atoms with Crippen molar-refractivity contribution in [3.05, 3.63) is 52.5 Å². The maximum absolute atomic E-state index is 12.6. The fourth-order valence-electron chi connectivity index (χ4n) is 2.28. The van der Waals surface area contributed by atoms with Crippen LogP contribution in [0.4, 0.5) is 11.4 Å². The quantitative estimate of drug-likeness (QED) is 0.680. The molecule has 2 aromatic carbocycles. The Labute approximate surface area is 171 Å². The van der Waals surface area contributed by atoms with Crippen molar-refractivity contribution in [1.29, 1.82) is 5.26 Å². The maximum atomic E-state index is 12.6. The van der Waals surface area contributed by atoms with Gasteiger partial charge in [0.1, 0.15) is 0 Å². The van der Waals surface area contributed by atoms with Crippen molar-refractivity contribution < 1.29 is 18.0 Å². The zero-order valence-corrected chi connectivity index (χ0v) is 17.5. The number of amides is 2. The lowest BCUT2D eigenvalue weighted by molar-refractivity contribution is -0.116. The van der Waals surface area contributed by atoms with Crippen LogP contribution in [0.25, 0.3) is 0 Å². The molecule has 0 aliphatic carbocycles. The predicted octanol–water partition coefficient (Wildman–Crippen LogP) is 2.54. The molecule has 2 N–H and O–H groups in total. The second kappa shape index (κ2) is 8.97. The van der Waals surface area contributed by atoms with E-state index in [-0.39, 0.29) is 10.8 Å². The Morgan fingerprint density at radius 3 is 2.32 bits per heavy atom. The van der Waals surface area contributed by atoms with Gasteiger partial charge in [-0.2, -0.15) is 9.57 Å². The van der Waals surface area contributed by atoms with Gasteiger partial charge in [0, 0.05) is 18.4 Å². The molecule has 2 aromatic rings. The minimum atomic E-state index is -3.90. The maximum Gasteiger partial charge on any atom is 0.243 e. The Hall–Kier alpha value is -2.74. The lowest BCUT2D eigenvalue weighted by Crippen LogP contribution is -2.35. The number of benzene rings is 2. The first kappa shape index (κ1) is 21.6. The number of nitrogens with zero attached hydrogens (tertiary/aromatic N) is 2. The highest BCUT2D eigenvalue weighted by molar-refractivity contribution is 9.10. The molecule has 0 heterocycles. The van der Waals surface area contributed by atoms with E-state index in [0.29, 0.717) is 21.4 Å². The minimum absolute atomic E-state index is 0.0248. The van der Waals surface area contributed by atoms with Gasteiger partial charge in [0.2, 0.25) is 21.8 Å². The molecular weight excluding hydrogens is 448 g/mol. The van der Waals surface area contributed by atoms with Gasteiger partial charge < -0.3 is 10.6 Å². The van der Waals surface area contributed by atoms with Gasteiger partial charge in [-0.3, -0.25) is 9.59 Å². The minimum Gasteiger partial charge on any atom is -0.325 e. The van der Waals surface area contributed by atoms with E-state index in [9.17, 15) is 18.0 Å². The van der Waals surface area contributed by atoms with Gasteiger partial charge in [0.05, 0.1) is 34.4 Å². The van der Waals surface area contributed by atoms with E-state index in [4.69, 9.17) is 5.26 Å². The monoisotopic (exact) mass is 464 g/mol. The number of likely N-dealkylation sites (N-methyl/N-ethyl adjacent to an activating group) is 1. The summed E-state index contributed by atoms with van der Waals surface area (Å²) in [5.41, 5.74) is 1.06. The second-order valence-corrected chi connectivity index (χ2v) is 8.78. The molecule has 0 spiro atoms. The van der Waals surface area contributed by atoms with Gasteiger partial charge in [0.25, 0.3) is 0 Å². The van der Waals surface area contributed by atoms with Crippen molar-refractivity contribution >= 4 is 49.1 Å². The number of rotatable bonds is 6. The molecule has 0 aliphatic rings. The van der Waals surface area contributed by atoms with Gasteiger partial charge in [-0.1, -0.05) is 15.9 Å². The third-order valence-corrected chi connectivity index (χ3v) is 5.94. The molecule has 0 bridgehead atoms. The van der Waals surface area contributed by atoms with Crippen LogP contribution in [-0.4, -0.2) is 38.1 Å². The van der Waals surface area contributed by atoms with Gasteiger partial charge in [0.15, 0.2) is 0 Å². The number of nitriles is 1. The molecule has 0 radical (unpaired) electrons. The molecule has 0 fully saturated rings. The Morgan fingerprint density at radius 2 is 1.75 bits per heavy atom. The van der Waals surface area contributed by atoms with Crippen molar-refractivity contribution in [3.63, 3.8) is 0 Å². The van der Waals surface area contributed by atoms with E-state index in [1.54, 1.807) is 18.2 Å². The summed E-state index contributed by atoms with van der Waals surface area (Å²) in [7, 11) is -2.62. The van der Waals surface area contributed by atoms with Crippen LogP contribution in [0.2, 0.25) is 0 Å². The summed E-state index contributed by atoms with van der Waals surface area (Å²) < 4.78 is 26.7. The van der Waals surface area contributed by atoms with Crippen LogP contribution in [0, 0.1) is 11.3 Å². The van der Waals surface area contributed by atoms with Crippen molar-refractivity contribution in [2.45, 2.75) is 11.8 Å². The predicted molar refractivity (Wildman–Crippen MR) is 108 cm³/mol. The summed E-state index contributed by atoms with van der Waals surface area (Å²) in [4.78, 5) is 23.6. The summed E-state index contributed by atoms with van der Waals surface area (Å²) in [5, 5.41) is 14.0. The normalized spacial score (nSPS) is 11.0. The van der Waals surface area contributed by atoms with Crippen LogP contribution in [0.5, 0.6) is 0 Å². The van der Waals surface area contributed by atoms with Crippen LogP contribution >= 0.6 is 15.9 Å². The molecule has 0 atom stereocenters. The van der Waals surface area contributed by atoms with Crippen LogP contribution < -0.4 is 10.6 Å². The second-order valence-electron chi connectivity index (χ2n) is 5.82. The average molecular weight is 465 g/mol. The van der Waals surface area contributed by atoms with E-state index < -0.39 is 22.5 Å². The summed E-state index contributed by atoms with van der Waals surface area (Å²) >= 11 is 3.28. The van der Waals surface area contributed by atoms with Crippen molar-refractivity contribution in [3.8, 4) is 6.07 Å². The Balaban J connectivity index is 2.15. The third kappa shape index (κ3) is 5.39. The SMILES string of the molecule is CC(=O)Nc1ccc(Br)cc1NC(=O)CN(C)S(=O)(=O)c1ccc(C#N)cc1. The highest BCUT2D eigenvalue weighted by Gasteiger charge is 2.23. The van der Waals surface area contributed by atoms with E-state index in [2.05, 4.69) is 26.6 Å². The van der Waals surface area contributed by atoms with Gasteiger partial charge in [-0.15, -0.1) is 0 Å². The molecule has 0 saturated carbocycles. The van der Waals surface area contributed by atoms with Crippen LogP contribution in [-0.2, 0) is 19.6 Å². The lowest BCUT2D eigenvalue weighted by atomic mass is 10.2. The van der Waals surface area contributed by atoms with Crippen molar-refractivity contribution in [1.82, 2.24) is 4.31 Å². The molecule has 2 rings (SSSR count). The number of carbonyl (C=O) groups excluding carboxylic acids is 2. The molecule has 0 aliphatic heterocycles. The number of hydrogen-bond acceptors (Lipinski definition) is 5. The topological polar surface area (TPSA) is 119 Å². The molecule has 0 aromatic heterocycles. The lowest BCUT2D eigenvalue weighted by Gasteiger charge is -2.18. The number of halogens is 1. The van der Waals surface area contributed by atoms with Gasteiger partial charge >= 0.3 is 0 Å². The van der Waals surface area contributed by atoms with Crippen molar-refractivity contribution in [2.24, 2.45) is 0 Å². The number of carbonyl (C=O) groups is 2. The Kier molecular flexibility index (Phi) is 6.90. The van der Waals surface area contributed by atoms with Gasteiger partial charge in [-0.05, 0) is 42.5 Å². The fraction of sp³-hybridized carbons (Fsp3) is 0.167. The average Bonchev–Trinajstić information content (AvgIpc) is 2.63. The number of anilines is 2. The number of hydrogen-bond donors (Lipinski definition) is 2. The largest absolute Gasteiger partial charge is 0.325 e. The first-order chi connectivity index (χ1) is 13.1. The first-order valence-corrected chi connectivity index (χ1v) is 10.2. The zero-order valence-electron chi connectivity index (χ0n) is 15.1. The number of nitrogens with one attached hydrogen (secondary N) is 2. The molecule has 2 amide bonds. The zero-order chi connectivity index (χ0) is 20.9. The standard InChI is InChI=1S/C18H17BrN4O4S/c1-12(24)21-16-8-5-14(19)9-17(16)22-18(25)11-23(2)28(26,27)15-6-3-13(10-20)4-7-15/h3-9H,11H2,1-2H3,(H,21,24)(H,22,25). The summed E-state index contributed by atoms with van der Waals surface area (Å²) in [6.07, 6.45) is 0. The molecule has 10 heteroatoms. The van der Waals surface area contributed by atoms with Crippen LogP contribution in [0.1, 0.15) is 12.5 Å². The number of sulfonamides is 1. The molecule has 28 heavy (non-hydrogen) atoms. The molecule has 146 valence electrons. The molecule has 0 unspecified atom stereocenters. The Morgan fingerprint density at radius 1 is 1.11 bits per heavy atom. The van der Waals surface area contributed by atoms with Crippen LogP contribution in [0.15, 0.2) is 51.8 Å². The van der Waals surface area contributed by atoms with Crippen LogP contribution in [0.3, 0.4) is 0 Å². The van der Waals surface area contributed by atoms with Gasteiger partial charge in [-0.25, -0.2) is 8.42 Å². The highest BCUT2D eigenvalue weighted by atomic mass is 79.9. The highest BCUT2D eigenvalue weighted by Crippen LogP contribution is 2.26. The summed E-state index contributed by atoms with van der Waals surface area (Å²) in [6.45, 7) is 0.903. The smallest absolute Gasteiger partial charge is 0.243 e. The Bertz CT molecular complexity index is 1050. The van der Waals surface area contributed by atoms with E-state index >= 15 is 0 Å².